The average Bonchev–Trinajstić information content (AvgIpc) is 3.38. The molecule has 2 heterocycles. The second-order valence-electron chi connectivity index (χ2n) is 10.2. The molecule has 0 aliphatic carbocycles. The highest BCUT2D eigenvalue weighted by atomic mass is 32.2. The number of ether oxygens (including phenoxy) is 2. The molecule has 1 fully saturated rings. The molecule has 43 heavy (non-hydrogen) atoms. The molecule has 232 valence electrons. The van der Waals surface area contributed by atoms with Crippen LogP contribution in [-0.4, -0.2) is 65.6 Å². The summed E-state index contributed by atoms with van der Waals surface area (Å²) in [5.74, 6) is 0.921. The minimum absolute atomic E-state index is 0.0632. The van der Waals surface area contributed by atoms with Crippen LogP contribution in [0.15, 0.2) is 47.4 Å². The first kappa shape index (κ1) is 32.8. The van der Waals surface area contributed by atoms with E-state index in [2.05, 4.69) is 11.0 Å². The van der Waals surface area contributed by atoms with Crippen molar-refractivity contribution in [1.82, 2.24) is 14.8 Å². The SMILES string of the molecule is CCOC(=O)C(C)Oc1ccc(SCc2sc(-c3ccc(C(F)(F)F)cc3)nc2CN2CCN(C(C)=O)CC2)cc1CC. The van der Waals surface area contributed by atoms with Crippen molar-refractivity contribution in [2.75, 3.05) is 32.8 Å². The minimum atomic E-state index is -4.40. The molecule has 1 saturated heterocycles. The highest BCUT2D eigenvalue weighted by molar-refractivity contribution is 7.98. The van der Waals surface area contributed by atoms with Crippen LogP contribution in [0.3, 0.4) is 0 Å². The van der Waals surface area contributed by atoms with E-state index in [-0.39, 0.29) is 12.5 Å². The summed E-state index contributed by atoms with van der Waals surface area (Å²) in [6.07, 6.45) is -4.40. The molecule has 1 aliphatic rings. The Morgan fingerprint density at radius 3 is 2.37 bits per heavy atom. The second kappa shape index (κ2) is 14.6. The second-order valence-corrected chi connectivity index (χ2v) is 12.3. The summed E-state index contributed by atoms with van der Waals surface area (Å²) in [7, 11) is 0. The van der Waals surface area contributed by atoms with Crippen molar-refractivity contribution in [2.45, 2.75) is 63.6 Å². The maximum absolute atomic E-state index is 13.1. The van der Waals surface area contributed by atoms with Crippen LogP contribution in [0, 0.1) is 0 Å². The largest absolute Gasteiger partial charge is 0.479 e. The summed E-state index contributed by atoms with van der Waals surface area (Å²) in [5, 5.41) is 0.674. The number of carbonyl (C=O) groups is 2. The van der Waals surface area contributed by atoms with E-state index in [4.69, 9.17) is 14.5 Å². The first-order valence-electron chi connectivity index (χ1n) is 14.2. The number of thioether (sulfide) groups is 1. The topological polar surface area (TPSA) is 72.0 Å². The number of rotatable bonds is 11. The zero-order valence-electron chi connectivity index (χ0n) is 24.7. The van der Waals surface area contributed by atoms with Gasteiger partial charge in [0, 0.05) is 60.7 Å². The van der Waals surface area contributed by atoms with Crippen molar-refractivity contribution >= 4 is 35.0 Å². The quantitative estimate of drug-likeness (QED) is 0.172. The molecule has 0 spiro atoms. The highest BCUT2D eigenvalue weighted by Crippen LogP contribution is 2.37. The molecule has 0 N–H and O–H groups in total. The van der Waals surface area contributed by atoms with Gasteiger partial charge in [-0.25, -0.2) is 9.78 Å². The van der Waals surface area contributed by atoms with Gasteiger partial charge in [-0.15, -0.1) is 23.1 Å². The molecular weight excluding hydrogens is 599 g/mol. The van der Waals surface area contributed by atoms with Gasteiger partial charge in [-0.1, -0.05) is 19.1 Å². The van der Waals surface area contributed by atoms with Crippen LogP contribution < -0.4 is 4.74 Å². The summed E-state index contributed by atoms with van der Waals surface area (Å²) in [5.41, 5.74) is 1.81. The molecule has 1 aliphatic heterocycles. The molecule has 1 atom stereocenters. The molecular formula is C31H36F3N3O4S2. The number of alkyl halides is 3. The van der Waals surface area contributed by atoms with Gasteiger partial charge in [0.1, 0.15) is 10.8 Å². The van der Waals surface area contributed by atoms with E-state index in [1.165, 1.54) is 23.5 Å². The Bertz CT molecular complexity index is 1400. The number of halogens is 3. The van der Waals surface area contributed by atoms with E-state index in [0.717, 1.165) is 52.7 Å². The molecule has 12 heteroatoms. The van der Waals surface area contributed by atoms with E-state index >= 15 is 0 Å². The monoisotopic (exact) mass is 635 g/mol. The number of esters is 1. The van der Waals surface area contributed by atoms with Crippen LogP contribution in [0.5, 0.6) is 5.75 Å². The van der Waals surface area contributed by atoms with Crippen molar-refractivity contribution in [3.05, 3.63) is 64.2 Å². The maximum atomic E-state index is 13.1. The number of thiazole rings is 1. The van der Waals surface area contributed by atoms with E-state index in [1.807, 2.05) is 24.0 Å². The third-order valence-electron chi connectivity index (χ3n) is 7.13. The lowest BCUT2D eigenvalue weighted by atomic mass is 10.1. The minimum Gasteiger partial charge on any atom is -0.479 e. The first-order chi connectivity index (χ1) is 20.5. The number of hydrogen-bond donors (Lipinski definition) is 0. The van der Waals surface area contributed by atoms with E-state index in [1.54, 1.807) is 32.5 Å². The smallest absolute Gasteiger partial charge is 0.416 e. The average molecular weight is 636 g/mol. The zero-order chi connectivity index (χ0) is 31.1. The molecule has 2 aromatic carbocycles. The predicted molar refractivity (Wildman–Crippen MR) is 162 cm³/mol. The van der Waals surface area contributed by atoms with Crippen molar-refractivity contribution < 1.29 is 32.2 Å². The molecule has 0 radical (unpaired) electrons. The number of hydrogen-bond acceptors (Lipinski definition) is 8. The van der Waals surface area contributed by atoms with Crippen LogP contribution in [0.2, 0.25) is 0 Å². The van der Waals surface area contributed by atoms with E-state index in [0.29, 0.717) is 41.7 Å². The Kier molecular flexibility index (Phi) is 11.1. The fraction of sp³-hybridized carbons (Fsp3) is 0.452. The Morgan fingerprint density at radius 1 is 1.07 bits per heavy atom. The van der Waals surface area contributed by atoms with Crippen LogP contribution in [-0.2, 0) is 39.2 Å². The summed E-state index contributed by atoms with van der Waals surface area (Å²) >= 11 is 3.13. The Balaban J connectivity index is 1.53. The summed E-state index contributed by atoms with van der Waals surface area (Å²) in [6, 6.07) is 11.0. The standard InChI is InChI=1S/C31H36F3N3O4S2/c1-5-22-17-25(11-12-27(22)41-20(3)30(39)40-6-2)42-19-28-26(18-36-13-15-37(16-14-36)21(4)38)35-29(43-28)23-7-9-24(10-8-23)31(32,33)34/h7-12,17,20H,5-6,13-16,18-19H2,1-4H3. The van der Waals surface area contributed by atoms with Gasteiger partial charge in [0.15, 0.2) is 6.10 Å². The van der Waals surface area contributed by atoms with Gasteiger partial charge in [0.2, 0.25) is 5.91 Å². The van der Waals surface area contributed by atoms with Gasteiger partial charge in [0.05, 0.1) is 17.9 Å². The highest BCUT2D eigenvalue weighted by Gasteiger charge is 2.30. The first-order valence-corrected chi connectivity index (χ1v) is 16.0. The van der Waals surface area contributed by atoms with Gasteiger partial charge in [0.25, 0.3) is 0 Å². The number of amides is 1. The molecule has 0 saturated carbocycles. The lowest BCUT2D eigenvalue weighted by Crippen LogP contribution is -2.47. The van der Waals surface area contributed by atoms with Crippen molar-refractivity contribution in [3.8, 4) is 16.3 Å². The van der Waals surface area contributed by atoms with Gasteiger partial charge < -0.3 is 14.4 Å². The molecule has 1 aromatic heterocycles. The fourth-order valence-corrected chi connectivity index (χ4v) is 6.80. The number of aromatic nitrogens is 1. The lowest BCUT2D eigenvalue weighted by Gasteiger charge is -2.33. The number of aryl methyl sites for hydroxylation is 1. The van der Waals surface area contributed by atoms with Crippen LogP contribution in [0.1, 0.15) is 49.4 Å². The van der Waals surface area contributed by atoms with E-state index in [9.17, 15) is 22.8 Å². The molecule has 7 nitrogen and oxygen atoms in total. The van der Waals surface area contributed by atoms with E-state index < -0.39 is 23.8 Å². The Hall–Kier alpha value is -3.09. The Labute approximate surface area is 258 Å². The molecule has 3 aromatic rings. The molecule has 0 bridgehead atoms. The molecule has 4 rings (SSSR count). The predicted octanol–water partition coefficient (Wildman–Crippen LogP) is 6.68. The fourth-order valence-electron chi connectivity index (χ4n) is 4.66. The lowest BCUT2D eigenvalue weighted by molar-refractivity contribution is -0.150. The summed E-state index contributed by atoms with van der Waals surface area (Å²) in [6.45, 7) is 10.7. The third-order valence-corrected chi connectivity index (χ3v) is 9.48. The van der Waals surface area contributed by atoms with Gasteiger partial charge in [-0.3, -0.25) is 9.69 Å². The van der Waals surface area contributed by atoms with Crippen molar-refractivity contribution in [1.29, 1.82) is 0 Å². The summed E-state index contributed by atoms with van der Waals surface area (Å²) < 4.78 is 50.3. The number of carbonyl (C=O) groups excluding carboxylic acids is 2. The Morgan fingerprint density at radius 2 is 1.77 bits per heavy atom. The molecule has 1 amide bonds. The van der Waals surface area contributed by atoms with Gasteiger partial charge in [-0.05, 0) is 56.2 Å². The van der Waals surface area contributed by atoms with Crippen LogP contribution in [0.25, 0.3) is 10.6 Å². The zero-order valence-corrected chi connectivity index (χ0v) is 26.3. The van der Waals surface area contributed by atoms with Crippen LogP contribution in [0.4, 0.5) is 13.2 Å². The van der Waals surface area contributed by atoms with Gasteiger partial charge in [-0.2, -0.15) is 13.2 Å². The maximum Gasteiger partial charge on any atom is 0.416 e. The third kappa shape index (κ3) is 8.73. The summed E-state index contributed by atoms with van der Waals surface area (Å²) in [4.78, 5) is 34.8. The number of benzene rings is 2. The number of piperazine rings is 1. The van der Waals surface area contributed by atoms with Crippen molar-refractivity contribution in [2.24, 2.45) is 0 Å². The van der Waals surface area contributed by atoms with Crippen molar-refractivity contribution in [3.63, 3.8) is 0 Å². The molecule has 1 unspecified atom stereocenters. The van der Waals surface area contributed by atoms with Crippen LogP contribution >= 0.6 is 23.1 Å². The number of nitrogens with zero attached hydrogens (tertiary/aromatic N) is 3. The van der Waals surface area contributed by atoms with Gasteiger partial charge >= 0.3 is 12.1 Å². The normalized spacial score (nSPS) is 14.9.